The second-order valence-electron chi connectivity index (χ2n) is 6.54. The number of benzene rings is 1. The molecule has 1 aromatic carbocycles. The summed E-state index contributed by atoms with van der Waals surface area (Å²) in [5, 5.41) is 0. The van der Waals surface area contributed by atoms with E-state index in [1.807, 2.05) is 0 Å². The molecule has 2 aliphatic heterocycles. The Labute approximate surface area is 150 Å². The largest absolute Gasteiger partial charge is 0.465 e. The highest BCUT2D eigenvalue weighted by atomic mass is 16.5. The molecule has 0 saturated carbocycles. The van der Waals surface area contributed by atoms with Crippen molar-refractivity contribution in [2.24, 2.45) is 5.73 Å². The highest BCUT2D eigenvalue weighted by molar-refractivity contribution is 6.19. The van der Waals surface area contributed by atoms with Gasteiger partial charge in [-0.3, -0.25) is 9.59 Å². The molecule has 0 saturated heterocycles. The van der Waals surface area contributed by atoms with Crippen molar-refractivity contribution in [2.75, 3.05) is 14.2 Å². The number of ether oxygens (including phenoxy) is 2. The van der Waals surface area contributed by atoms with Crippen molar-refractivity contribution in [3.05, 3.63) is 52.6 Å². The van der Waals surface area contributed by atoms with Crippen molar-refractivity contribution >= 4 is 17.7 Å². The number of esters is 1. The Morgan fingerprint density at radius 1 is 1.27 bits per heavy atom. The van der Waals surface area contributed by atoms with Crippen LogP contribution in [0.1, 0.15) is 24.8 Å². The summed E-state index contributed by atoms with van der Waals surface area (Å²) in [6.07, 6.45) is 1.57. The number of likely N-dealkylation sites (N-methyl/N-ethyl adjacent to an activating group) is 1. The predicted octanol–water partition coefficient (Wildman–Crippen LogP) is 1.14. The Morgan fingerprint density at radius 2 is 2.00 bits per heavy atom. The SMILES string of the molecule is COC(=O)C1=C(N)Oc2ccccc2[C@]12C(=O)N(C)C1=C2C(=O)CCC1. The van der Waals surface area contributed by atoms with Gasteiger partial charge in [-0.05, 0) is 18.9 Å². The van der Waals surface area contributed by atoms with Crippen molar-refractivity contribution in [2.45, 2.75) is 24.7 Å². The second-order valence-corrected chi connectivity index (χ2v) is 6.54. The van der Waals surface area contributed by atoms with Crippen molar-refractivity contribution in [3.8, 4) is 5.75 Å². The van der Waals surface area contributed by atoms with Gasteiger partial charge < -0.3 is 20.1 Å². The molecular formula is C19H18N2O5. The van der Waals surface area contributed by atoms with Gasteiger partial charge in [0, 0.05) is 30.3 Å². The first-order chi connectivity index (χ1) is 12.4. The van der Waals surface area contributed by atoms with Gasteiger partial charge in [-0.25, -0.2) is 4.79 Å². The molecule has 0 fully saturated rings. The summed E-state index contributed by atoms with van der Waals surface area (Å²) in [5.41, 5.74) is 5.69. The van der Waals surface area contributed by atoms with Gasteiger partial charge in [-0.2, -0.15) is 0 Å². The molecule has 1 spiro atoms. The number of nitrogens with zero attached hydrogens (tertiary/aromatic N) is 1. The molecule has 1 atom stereocenters. The number of fused-ring (bicyclic) bond motifs is 3. The number of hydrogen-bond acceptors (Lipinski definition) is 6. The number of amides is 1. The minimum Gasteiger partial charge on any atom is -0.465 e. The smallest absolute Gasteiger partial charge is 0.340 e. The molecule has 0 radical (unpaired) electrons. The standard InChI is InChI=1S/C19H18N2O5/c1-21-11-7-5-8-12(22)14(11)19(18(21)24)10-6-3-4-9-13(10)26-16(20)15(19)17(23)25-2/h3-4,6,9H,5,7-8,20H2,1-2H3/t19-/m1/s1. The fourth-order valence-electron chi connectivity index (χ4n) is 4.26. The van der Waals surface area contributed by atoms with Crippen LogP contribution in [-0.2, 0) is 24.5 Å². The van der Waals surface area contributed by atoms with Crippen LogP contribution in [-0.4, -0.2) is 36.7 Å². The first-order valence-corrected chi connectivity index (χ1v) is 8.35. The van der Waals surface area contributed by atoms with Gasteiger partial charge in [0.25, 0.3) is 0 Å². The van der Waals surface area contributed by atoms with E-state index in [0.717, 1.165) is 0 Å². The average Bonchev–Trinajstić information content (AvgIpc) is 2.85. The van der Waals surface area contributed by atoms with Crippen LogP contribution < -0.4 is 10.5 Å². The molecule has 0 unspecified atom stereocenters. The lowest BCUT2D eigenvalue weighted by molar-refractivity contribution is -0.140. The zero-order chi connectivity index (χ0) is 18.6. The molecule has 134 valence electrons. The van der Waals surface area contributed by atoms with Crippen LogP contribution in [0.25, 0.3) is 0 Å². The number of nitrogens with two attached hydrogens (primary N) is 1. The Hall–Kier alpha value is -3.09. The van der Waals surface area contributed by atoms with Crippen molar-refractivity contribution in [1.82, 2.24) is 4.90 Å². The van der Waals surface area contributed by atoms with E-state index in [9.17, 15) is 14.4 Å². The number of carbonyl (C=O) groups is 3. The Bertz CT molecular complexity index is 930. The van der Waals surface area contributed by atoms with Crippen LogP contribution in [0.15, 0.2) is 47.0 Å². The Balaban J connectivity index is 2.14. The second kappa shape index (κ2) is 5.45. The molecule has 1 aliphatic carbocycles. The molecule has 7 nitrogen and oxygen atoms in total. The minimum absolute atomic E-state index is 0.129. The Kier molecular flexibility index (Phi) is 3.44. The van der Waals surface area contributed by atoms with Crippen LogP contribution in [0, 0.1) is 0 Å². The van der Waals surface area contributed by atoms with Gasteiger partial charge >= 0.3 is 5.97 Å². The number of ketones is 1. The summed E-state index contributed by atoms with van der Waals surface area (Å²) in [6.45, 7) is 0. The maximum Gasteiger partial charge on any atom is 0.340 e. The number of allylic oxidation sites excluding steroid dienone is 1. The maximum atomic E-state index is 13.5. The van der Waals surface area contributed by atoms with Crippen molar-refractivity contribution in [1.29, 1.82) is 0 Å². The summed E-state index contributed by atoms with van der Waals surface area (Å²) < 4.78 is 10.5. The molecule has 4 rings (SSSR count). The predicted molar refractivity (Wildman–Crippen MR) is 90.6 cm³/mol. The van der Waals surface area contributed by atoms with Crippen LogP contribution in [0.3, 0.4) is 0 Å². The van der Waals surface area contributed by atoms with Gasteiger partial charge in [0.05, 0.1) is 7.11 Å². The summed E-state index contributed by atoms with van der Waals surface area (Å²) in [5.74, 6) is -1.20. The van der Waals surface area contributed by atoms with E-state index >= 15 is 0 Å². The molecular weight excluding hydrogens is 336 g/mol. The lowest BCUT2D eigenvalue weighted by Gasteiger charge is -2.36. The van der Waals surface area contributed by atoms with Gasteiger partial charge in [-0.1, -0.05) is 18.2 Å². The van der Waals surface area contributed by atoms with E-state index in [1.54, 1.807) is 31.3 Å². The number of carbonyl (C=O) groups excluding carboxylic acids is 3. The third-order valence-electron chi connectivity index (χ3n) is 5.31. The first-order valence-electron chi connectivity index (χ1n) is 8.35. The van der Waals surface area contributed by atoms with Crippen LogP contribution in [0.5, 0.6) is 5.75 Å². The lowest BCUT2D eigenvalue weighted by Crippen LogP contribution is -2.48. The highest BCUT2D eigenvalue weighted by Gasteiger charge is 2.63. The van der Waals surface area contributed by atoms with E-state index in [2.05, 4.69) is 0 Å². The van der Waals surface area contributed by atoms with Crippen LogP contribution in [0.4, 0.5) is 0 Å². The van der Waals surface area contributed by atoms with E-state index in [4.69, 9.17) is 15.2 Å². The zero-order valence-electron chi connectivity index (χ0n) is 14.5. The quantitative estimate of drug-likeness (QED) is 0.760. The number of rotatable bonds is 1. The normalized spacial score (nSPS) is 24.6. The van der Waals surface area contributed by atoms with Crippen molar-refractivity contribution < 1.29 is 23.9 Å². The van der Waals surface area contributed by atoms with E-state index in [0.29, 0.717) is 41.8 Å². The number of methoxy groups -OCH3 is 1. The summed E-state index contributed by atoms with van der Waals surface area (Å²) >= 11 is 0. The first kappa shape index (κ1) is 16.4. The molecule has 2 N–H and O–H groups in total. The summed E-state index contributed by atoms with van der Waals surface area (Å²) in [6, 6.07) is 6.83. The minimum atomic E-state index is -1.62. The number of para-hydroxylation sites is 1. The van der Waals surface area contributed by atoms with Gasteiger partial charge in [0.15, 0.2) is 5.78 Å². The van der Waals surface area contributed by atoms with Crippen LogP contribution >= 0.6 is 0 Å². The van der Waals surface area contributed by atoms with Crippen LogP contribution in [0.2, 0.25) is 0 Å². The van der Waals surface area contributed by atoms with Gasteiger partial charge in [0.2, 0.25) is 11.8 Å². The number of Topliss-reactive ketones (excluding diaryl/α,β-unsaturated/α-hetero) is 1. The average molecular weight is 354 g/mol. The third kappa shape index (κ3) is 1.80. The van der Waals surface area contributed by atoms with Gasteiger partial charge in [-0.15, -0.1) is 0 Å². The molecule has 2 heterocycles. The fraction of sp³-hybridized carbons (Fsp3) is 0.316. The van der Waals surface area contributed by atoms with E-state index in [1.165, 1.54) is 12.0 Å². The molecule has 0 bridgehead atoms. The number of hydrogen-bond donors (Lipinski definition) is 1. The van der Waals surface area contributed by atoms with Crippen molar-refractivity contribution in [3.63, 3.8) is 0 Å². The lowest BCUT2D eigenvalue weighted by atomic mass is 9.65. The topological polar surface area (TPSA) is 98.9 Å². The molecule has 7 heteroatoms. The molecule has 3 aliphatic rings. The molecule has 1 aromatic rings. The zero-order valence-corrected chi connectivity index (χ0v) is 14.5. The third-order valence-corrected chi connectivity index (χ3v) is 5.31. The summed E-state index contributed by atoms with van der Waals surface area (Å²) in [4.78, 5) is 40.5. The van der Waals surface area contributed by atoms with E-state index in [-0.39, 0.29) is 17.2 Å². The summed E-state index contributed by atoms with van der Waals surface area (Å²) in [7, 11) is 2.83. The van der Waals surface area contributed by atoms with E-state index < -0.39 is 17.3 Å². The maximum absolute atomic E-state index is 13.5. The highest BCUT2D eigenvalue weighted by Crippen LogP contribution is 2.55. The molecule has 26 heavy (non-hydrogen) atoms. The van der Waals surface area contributed by atoms with Gasteiger partial charge in [0.1, 0.15) is 16.7 Å². The molecule has 0 aromatic heterocycles. The Morgan fingerprint density at radius 3 is 2.73 bits per heavy atom. The monoisotopic (exact) mass is 354 g/mol. The fourth-order valence-corrected chi connectivity index (χ4v) is 4.26. The molecule has 1 amide bonds.